The standard InChI is InChI=1S/C28H33FN4O2/c1-18(2)21-12-13-22(24(25(21)29)20-9-5-4-6-10-20)26(32-28(35)23-11-7-14-30-23)27(34)19(3)17-33-16-8-15-31-33/h4-6,8-10,12-13,15-16,18-19,23,26,30H,7,11,14,17H2,1-3H3,(H,32,35). The molecule has 1 saturated heterocycles. The maximum Gasteiger partial charge on any atom is 0.237 e. The highest BCUT2D eigenvalue weighted by molar-refractivity contribution is 5.94. The molecule has 1 aliphatic heterocycles. The van der Waals surface area contributed by atoms with Crippen LogP contribution in [-0.4, -0.2) is 34.1 Å². The summed E-state index contributed by atoms with van der Waals surface area (Å²) in [4.78, 5) is 27.0. The molecule has 2 heterocycles. The molecule has 0 radical (unpaired) electrons. The summed E-state index contributed by atoms with van der Waals surface area (Å²) in [6, 6.07) is 13.2. The maximum atomic E-state index is 16.0. The van der Waals surface area contributed by atoms with Crippen LogP contribution < -0.4 is 10.6 Å². The number of carbonyl (C=O) groups excluding carboxylic acids is 2. The number of ketones is 1. The van der Waals surface area contributed by atoms with Gasteiger partial charge in [0.2, 0.25) is 5.91 Å². The van der Waals surface area contributed by atoms with Crippen molar-refractivity contribution in [2.75, 3.05) is 6.54 Å². The molecule has 3 aromatic rings. The average Bonchev–Trinajstić information content (AvgIpc) is 3.57. The molecule has 2 aromatic carbocycles. The first kappa shape index (κ1) is 24.8. The monoisotopic (exact) mass is 476 g/mol. The number of benzene rings is 2. The van der Waals surface area contributed by atoms with Crippen molar-refractivity contribution in [3.63, 3.8) is 0 Å². The second kappa shape index (κ2) is 11.0. The first-order valence-corrected chi connectivity index (χ1v) is 12.3. The molecule has 0 saturated carbocycles. The third-order valence-corrected chi connectivity index (χ3v) is 6.65. The molecular weight excluding hydrogens is 443 g/mol. The second-order valence-electron chi connectivity index (χ2n) is 9.58. The van der Waals surface area contributed by atoms with Crippen LogP contribution in [0.4, 0.5) is 4.39 Å². The summed E-state index contributed by atoms with van der Waals surface area (Å²) in [5.74, 6) is -1.25. The van der Waals surface area contributed by atoms with Gasteiger partial charge >= 0.3 is 0 Å². The molecule has 1 fully saturated rings. The molecule has 2 N–H and O–H groups in total. The quantitative estimate of drug-likeness (QED) is 0.472. The van der Waals surface area contributed by atoms with Crippen LogP contribution in [0.3, 0.4) is 0 Å². The van der Waals surface area contributed by atoms with Crippen LogP contribution in [0, 0.1) is 11.7 Å². The van der Waals surface area contributed by atoms with Gasteiger partial charge in [0.15, 0.2) is 5.78 Å². The van der Waals surface area contributed by atoms with Gasteiger partial charge < -0.3 is 10.6 Å². The van der Waals surface area contributed by atoms with Crippen LogP contribution in [0.25, 0.3) is 11.1 Å². The van der Waals surface area contributed by atoms with Crippen molar-refractivity contribution >= 4 is 11.7 Å². The number of rotatable bonds is 9. The van der Waals surface area contributed by atoms with Gasteiger partial charge in [-0.15, -0.1) is 0 Å². The minimum atomic E-state index is -0.985. The summed E-state index contributed by atoms with van der Waals surface area (Å²) in [6.45, 7) is 6.83. The zero-order valence-electron chi connectivity index (χ0n) is 20.5. The molecule has 35 heavy (non-hydrogen) atoms. The Bertz CT molecular complexity index is 1160. The van der Waals surface area contributed by atoms with E-state index >= 15 is 4.39 Å². The van der Waals surface area contributed by atoms with Crippen LogP contribution in [0.5, 0.6) is 0 Å². The van der Waals surface area contributed by atoms with Crippen LogP contribution >= 0.6 is 0 Å². The normalized spacial score (nSPS) is 17.3. The van der Waals surface area contributed by atoms with Gasteiger partial charge in [0, 0.05) is 23.9 Å². The summed E-state index contributed by atoms with van der Waals surface area (Å²) in [5.41, 5.74) is 2.09. The van der Waals surface area contributed by atoms with Crippen LogP contribution in [0.15, 0.2) is 60.9 Å². The fraction of sp³-hybridized carbons (Fsp3) is 0.393. The molecule has 6 nitrogen and oxygen atoms in total. The molecule has 1 amide bonds. The van der Waals surface area contributed by atoms with E-state index in [2.05, 4.69) is 15.7 Å². The Balaban J connectivity index is 1.79. The minimum Gasteiger partial charge on any atom is -0.341 e. The predicted molar refractivity (Wildman–Crippen MR) is 134 cm³/mol. The minimum absolute atomic E-state index is 0.0308. The average molecular weight is 477 g/mol. The number of Topliss-reactive ketones (excluding diaryl/α,β-unsaturated/α-hetero) is 1. The smallest absolute Gasteiger partial charge is 0.237 e. The topological polar surface area (TPSA) is 76.0 Å². The lowest BCUT2D eigenvalue weighted by Crippen LogP contribution is -2.45. The predicted octanol–water partition coefficient (Wildman–Crippen LogP) is 4.63. The van der Waals surface area contributed by atoms with E-state index in [1.165, 1.54) is 0 Å². The summed E-state index contributed by atoms with van der Waals surface area (Å²) >= 11 is 0. The first-order chi connectivity index (χ1) is 16.9. The molecule has 4 rings (SSSR count). The van der Waals surface area contributed by atoms with Crippen molar-refractivity contribution < 1.29 is 14.0 Å². The van der Waals surface area contributed by atoms with E-state index in [1.54, 1.807) is 35.3 Å². The van der Waals surface area contributed by atoms with Crippen molar-refractivity contribution in [1.29, 1.82) is 0 Å². The number of carbonyl (C=O) groups is 2. The van der Waals surface area contributed by atoms with E-state index in [0.29, 0.717) is 35.2 Å². The van der Waals surface area contributed by atoms with Crippen molar-refractivity contribution in [2.24, 2.45) is 5.92 Å². The lowest BCUT2D eigenvalue weighted by molar-refractivity contribution is -0.131. The molecule has 0 aliphatic carbocycles. The number of nitrogens with one attached hydrogen (secondary N) is 2. The summed E-state index contributed by atoms with van der Waals surface area (Å²) < 4.78 is 17.7. The first-order valence-electron chi connectivity index (χ1n) is 12.3. The van der Waals surface area contributed by atoms with Crippen molar-refractivity contribution in [3.8, 4) is 11.1 Å². The maximum absolute atomic E-state index is 16.0. The molecule has 1 aliphatic rings. The Labute approximate surface area is 205 Å². The van der Waals surface area contributed by atoms with Crippen molar-refractivity contribution in [1.82, 2.24) is 20.4 Å². The SMILES string of the molecule is CC(Cn1cccn1)C(=O)C(NC(=O)C1CCCN1)c1ccc(C(C)C)c(F)c1-c1ccccc1. The van der Waals surface area contributed by atoms with Crippen molar-refractivity contribution in [3.05, 3.63) is 77.9 Å². The molecule has 7 heteroatoms. The number of amides is 1. The Hall–Kier alpha value is -3.32. The largest absolute Gasteiger partial charge is 0.341 e. The Kier molecular flexibility index (Phi) is 7.76. The zero-order valence-corrected chi connectivity index (χ0v) is 20.5. The van der Waals surface area contributed by atoms with Gasteiger partial charge in [-0.05, 0) is 48.1 Å². The number of aromatic nitrogens is 2. The van der Waals surface area contributed by atoms with E-state index in [-0.39, 0.29) is 29.5 Å². The summed E-state index contributed by atoms with van der Waals surface area (Å²) in [5, 5.41) is 10.4. The summed E-state index contributed by atoms with van der Waals surface area (Å²) in [6.07, 6.45) is 5.07. The number of nitrogens with zero attached hydrogens (tertiary/aromatic N) is 2. The molecule has 3 unspecified atom stereocenters. The fourth-order valence-electron chi connectivity index (χ4n) is 4.71. The van der Waals surface area contributed by atoms with Gasteiger partial charge in [-0.1, -0.05) is 63.2 Å². The van der Waals surface area contributed by atoms with Crippen LogP contribution in [-0.2, 0) is 16.1 Å². The highest BCUT2D eigenvalue weighted by Gasteiger charge is 2.33. The van der Waals surface area contributed by atoms with Gasteiger partial charge in [-0.3, -0.25) is 14.3 Å². The van der Waals surface area contributed by atoms with Gasteiger partial charge in [0.25, 0.3) is 0 Å². The highest BCUT2D eigenvalue weighted by atomic mass is 19.1. The molecule has 1 aromatic heterocycles. The van der Waals surface area contributed by atoms with Gasteiger partial charge in [-0.25, -0.2) is 4.39 Å². The molecule has 0 spiro atoms. The number of hydrogen-bond donors (Lipinski definition) is 2. The van der Waals surface area contributed by atoms with Crippen LogP contribution in [0.2, 0.25) is 0 Å². The highest BCUT2D eigenvalue weighted by Crippen LogP contribution is 2.36. The van der Waals surface area contributed by atoms with Crippen LogP contribution in [0.1, 0.15) is 56.7 Å². The van der Waals surface area contributed by atoms with E-state index in [0.717, 1.165) is 13.0 Å². The van der Waals surface area contributed by atoms with E-state index in [4.69, 9.17) is 0 Å². The number of halogens is 1. The lowest BCUT2D eigenvalue weighted by atomic mass is 9.85. The van der Waals surface area contributed by atoms with Crippen molar-refractivity contribution in [2.45, 2.75) is 58.2 Å². The Morgan fingerprint density at radius 3 is 2.49 bits per heavy atom. The van der Waals surface area contributed by atoms with Gasteiger partial charge in [0.1, 0.15) is 11.9 Å². The van der Waals surface area contributed by atoms with Gasteiger partial charge in [0.05, 0.1) is 12.6 Å². The third kappa shape index (κ3) is 5.51. The third-order valence-electron chi connectivity index (χ3n) is 6.65. The molecule has 0 bridgehead atoms. The summed E-state index contributed by atoms with van der Waals surface area (Å²) in [7, 11) is 0. The second-order valence-corrected chi connectivity index (χ2v) is 9.58. The van der Waals surface area contributed by atoms with E-state index in [9.17, 15) is 9.59 Å². The Morgan fingerprint density at radius 1 is 1.11 bits per heavy atom. The van der Waals surface area contributed by atoms with E-state index < -0.39 is 12.0 Å². The van der Waals surface area contributed by atoms with E-state index in [1.807, 2.05) is 51.1 Å². The van der Waals surface area contributed by atoms with Gasteiger partial charge in [-0.2, -0.15) is 5.10 Å². The fourth-order valence-corrected chi connectivity index (χ4v) is 4.71. The Morgan fingerprint density at radius 2 is 1.86 bits per heavy atom. The molecule has 184 valence electrons. The number of hydrogen-bond acceptors (Lipinski definition) is 4. The lowest BCUT2D eigenvalue weighted by Gasteiger charge is -2.26. The zero-order chi connectivity index (χ0) is 24.9. The molecular formula is C28H33FN4O2. The molecule has 3 atom stereocenters.